The van der Waals surface area contributed by atoms with Crippen molar-refractivity contribution in [1.82, 2.24) is 14.8 Å². The fourth-order valence-corrected chi connectivity index (χ4v) is 3.12. The molecule has 0 fully saturated rings. The monoisotopic (exact) mass is 391 g/mol. The Kier molecular flexibility index (Phi) is 6.80. The number of hydrogen-bond donors (Lipinski definition) is 1. The van der Waals surface area contributed by atoms with Gasteiger partial charge in [-0.15, -0.1) is 0 Å². The van der Waals surface area contributed by atoms with Crippen molar-refractivity contribution in [3.8, 4) is 11.9 Å². The molecular weight excluding hydrogens is 366 g/mol. The number of nitrogens with one attached hydrogen (secondary N) is 1. The van der Waals surface area contributed by atoms with E-state index in [9.17, 15) is 10.1 Å². The van der Waals surface area contributed by atoms with E-state index in [4.69, 9.17) is 4.74 Å². The minimum atomic E-state index is -0.598. The number of aromatic nitrogens is 3. The van der Waals surface area contributed by atoms with Gasteiger partial charge in [-0.2, -0.15) is 15.0 Å². The van der Waals surface area contributed by atoms with Gasteiger partial charge in [0, 0.05) is 5.39 Å². The number of carbonyl (C=O) groups excluding carboxylic acids is 1. The van der Waals surface area contributed by atoms with Gasteiger partial charge in [0.25, 0.3) is 0 Å². The van der Waals surface area contributed by atoms with Crippen molar-refractivity contribution in [3.63, 3.8) is 0 Å². The van der Waals surface area contributed by atoms with Crippen LogP contribution in [0.25, 0.3) is 16.7 Å². The average molecular weight is 391 g/mol. The second-order valence-corrected chi connectivity index (χ2v) is 6.93. The highest BCUT2D eigenvalue weighted by Gasteiger charge is 2.18. The first kappa shape index (κ1) is 20.3. The zero-order chi connectivity index (χ0) is 20.6. The maximum Gasteiger partial charge on any atom is 0.412 e. The number of nitrogens with zero attached hydrogens (tertiary/aromatic N) is 4. The lowest BCUT2D eigenvalue weighted by Crippen LogP contribution is -2.21. The maximum atomic E-state index is 12.4. The van der Waals surface area contributed by atoms with E-state index in [1.807, 2.05) is 30.3 Å². The van der Waals surface area contributed by atoms with Crippen LogP contribution >= 0.6 is 0 Å². The molecule has 1 N–H and O–H groups in total. The summed E-state index contributed by atoms with van der Waals surface area (Å²) in [6.07, 6.45) is 5.02. The predicted octanol–water partition coefficient (Wildman–Crippen LogP) is 5.06. The number of pyridine rings is 1. The third-order valence-corrected chi connectivity index (χ3v) is 4.90. The van der Waals surface area contributed by atoms with Gasteiger partial charge in [0.1, 0.15) is 11.6 Å². The molecular formula is C22H25N5O2. The normalized spacial score (nSPS) is 11.8. The fraction of sp³-hybridized carbons (Fsp3) is 0.364. The predicted molar refractivity (Wildman–Crippen MR) is 112 cm³/mol. The number of hydrogen-bond acceptors (Lipinski definition) is 5. The molecule has 0 aliphatic heterocycles. The summed E-state index contributed by atoms with van der Waals surface area (Å²) in [5.41, 5.74) is 1.05. The van der Waals surface area contributed by atoms with E-state index in [1.165, 1.54) is 10.9 Å². The lowest BCUT2D eigenvalue weighted by Gasteiger charge is -2.15. The first-order valence-electron chi connectivity index (χ1n) is 9.94. The van der Waals surface area contributed by atoms with Crippen LogP contribution in [0.2, 0.25) is 0 Å². The van der Waals surface area contributed by atoms with Gasteiger partial charge in [-0.3, -0.25) is 5.32 Å². The molecule has 7 nitrogen and oxygen atoms in total. The van der Waals surface area contributed by atoms with Gasteiger partial charge in [-0.25, -0.2) is 9.78 Å². The van der Waals surface area contributed by atoms with Crippen LogP contribution < -0.4 is 5.32 Å². The van der Waals surface area contributed by atoms with Gasteiger partial charge in [0.15, 0.2) is 11.6 Å². The molecule has 0 bridgehead atoms. The number of amides is 1. The molecule has 3 rings (SSSR count). The summed E-state index contributed by atoms with van der Waals surface area (Å²) in [5.74, 6) is 1.10. The summed E-state index contributed by atoms with van der Waals surface area (Å²) in [6.45, 7) is 4.59. The van der Waals surface area contributed by atoms with E-state index in [0.717, 1.165) is 36.6 Å². The smallest absolute Gasteiger partial charge is 0.412 e. The largest absolute Gasteiger partial charge is 0.449 e. The van der Waals surface area contributed by atoms with E-state index in [-0.39, 0.29) is 11.4 Å². The Morgan fingerprint density at radius 1 is 1.28 bits per heavy atom. The Hall–Kier alpha value is -3.40. The zero-order valence-electron chi connectivity index (χ0n) is 16.8. The van der Waals surface area contributed by atoms with E-state index in [2.05, 4.69) is 35.3 Å². The highest BCUT2D eigenvalue weighted by Crippen LogP contribution is 2.21. The average Bonchev–Trinajstić information content (AvgIpc) is 3.16. The minimum absolute atomic E-state index is 0.245. The van der Waals surface area contributed by atoms with E-state index in [1.54, 1.807) is 6.07 Å². The van der Waals surface area contributed by atoms with Crippen molar-refractivity contribution in [3.05, 3.63) is 48.2 Å². The number of benzene rings is 1. The number of rotatable bonds is 8. The molecule has 0 saturated carbocycles. The summed E-state index contributed by atoms with van der Waals surface area (Å²) < 4.78 is 6.85. The topological polar surface area (TPSA) is 92.8 Å². The SMILES string of the molecule is CCCCC(CC)COC(=O)Nc1c(C#N)cnn1-c1ccc2ccccc2n1. The molecule has 0 radical (unpaired) electrons. The van der Waals surface area contributed by atoms with Gasteiger partial charge in [0.2, 0.25) is 0 Å². The van der Waals surface area contributed by atoms with Crippen LogP contribution in [0.3, 0.4) is 0 Å². The molecule has 0 spiro atoms. The molecule has 1 aromatic carbocycles. The third kappa shape index (κ3) is 4.91. The molecule has 7 heteroatoms. The quantitative estimate of drug-likeness (QED) is 0.579. The van der Waals surface area contributed by atoms with Crippen LogP contribution in [0.1, 0.15) is 45.1 Å². The zero-order valence-corrected chi connectivity index (χ0v) is 16.8. The Balaban J connectivity index is 1.77. The molecule has 1 unspecified atom stereocenters. The highest BCUT2D eigenvalue weighted by molar-refractivity contribution is 5.86. The number of carbonyl (C=O) groups is 1. The van der Waals surface area contributed by atoms with Crippen molar-refractivity contribution in [1.29, 1.82) is 5.26 Å². The van der Waals surface area contributed by atoms with E-state index >= 15 is 0 Å². The van der Waals surface area contributed by atoms with Crippen LogP contribution in [0, 0.1) is 17.2 Å². The molecule has 1 amide bonds. The lowest BCUT2D eigenvalue weighted by molar-refractivity contribution is 0.136. The first-order valence-corrected chi connectivity index (χ1v) is 9.94. The number of para-hydroxylation sites is 1. The van der Waals surface area contributed by atoms with E-state index in [0.29, 0.717) is 18.3 Å². The molecule has 3 aromatic rings. The Morgan fingerprint density at radius 2 is 2.10 bits per heavy atom. The van der Waals surface area contributed by atoms with Gasteiger partial charge in [0.05, 0.1) is 18.3 Å². The van der Waals surface area contributed by atoms with Crippen LogP contribution in [-0.4, -0.2) is 27.5 Å². The summed E-state index contributed by atoms with van der Waals surface area (Å²) in [7, 11) is 0. The molecule has 29 heavy (non-hydrogen) atoms. The van der Waals surface area contributed by atoms with Crippen LogP contribution in [0.5, 0.6) is 0 Å². The van der Waals surface area contributed by atoms with Crippen molar-refractivity contribution >= 4 is 22.8 Å². The summed E-state index contributed by atoms with van der Waals surface area (Å²) in [5, 5.41) is 17.3. The van der Waals surface area contributed by atoms with Gasteiger partial charge < -0.3 is 4.74 Å². The van der Waals surface area contributed by atoms with Crippen LogP contribution in [0.4, 0.5) is 10.6 Å². The third-order valence-electron chi connectivity index (χ3n) is 4.90. The molecule has 2 heterocycles. The van der Waals surface area contributed by atoms with Crippen LogP contribution in [-0.2, 0) is 4.74 Å². The number of anilines is 1. The molecule has 0 aliphatic rings. The second kappa shape index (κ2) is 9.69. The molecule has 1 atom stereocenters. The van der Waals surface area contributed by atoms with Gasteiger partial charge >= 0.3 is 6.09 Å². The number of ether oxygens (including phenoxy) is 1. The maximum absolute atomic E-state index is 12.4. The second-order valence-electron chi connectivity index (χ2n) is 6.93. The Labute approximate surface area is 170 Å². The van der Waals surface area contributed by atoms with Crippen molar-refractivity contribution in [2.45, 2.75) is 39.5 Å². The lowest BCUT2D eigenvalue weighted by atomic mass is 10.0. The first-order chi connectivity index (χ1) is 14.2. The molecule has 0 saturated heterocycles. The van der Waals surface area contributed by atoms with Crippen molar-refractivity contribution in [2.24, 2.45) is 5.92 Å². The van der Waals surface area contributed by atoms with Crippen molar-refractivity contribution < 1.29 is 9.53 Å². The van der Waals surface area contributed by atoms with Crippen LogP contribution in [0.15, 0.2) is 42.6 Å². The number of unbranched alkanes of at least 4 members (excludes halogenated alkanes) is 1. The summed E-state index contributed by atoms with van der Waals surface area (Å²) in [6, 6.07) is 13.5. The summed E-state index contributed by atoms with van der Waals surface area (Å²) >= 11 is 0. The fourth-order valence-electron chi connectivity index (χ4n) is 3.12. The number of fused-ring (bicyclic) bond motifs is 1. The Bertz CT molecular complexity index is 1020. The van der Waals surface area contributed by atoms with Gasteiger partial charge in [-0.05, 0) is 30.5 Å². The van der Waals surface area contributed by atoms with E-state index < -0.39 is 6.09 Å². The Morgan fingerprint density at radius 3 is 2.86 bits per heavy atom. The van der Waals surface area contributed by atoms with Gasteiger partial charge in [-0.1, -0.05) is 51.3 Å². The molecule has 150 valence electrons. The molecule has 0 aliphatic carbocycles. The van der Waals surface area contributed by atoms with Crippen molar-refractivity contribution in [2.75, 3.05) is 11.9 Å². The summed E-state index contributed by atoms with van der Waals surface area (Å²) in [4.78, 5) is 16.9. The number of nitriles is 1. The standard InChI is InChI=1S/C22H25N5O2/c1-3-5-8-16(4-2)15-29-22(28)26-21-18(13-23)14-24-27(21)20-12-11-17-9-6-7-10-19(17)25-20/h6-7,9-12,14,16H,3-5,8,15H2,1-2H3,(H,26,28). The minimum Gasteiger partial charge on any atom is -0.449 e. The highest BCUT2D eigenvalue weighted by atomic mass is 16.5. The molecule has 2 aromatic heterocycles.